The largest absolute Gasteiger partial charge is 0.394 e. The van der Waals surface area contributed by atoms with E-state index in [0.29, 0.717) is 6.42 Å². The lowest BCUT2D eigenvalue weighted by Crippen LogP contribution is -2.45. The van der Waals surface area contributed by atoms with E-state index in [1.54, 1.807) is 6.08 Å². The second kappa shape index (κ2) is 57.9. The van der Waals surface area contributed by atoms with Crippen molar-refractivity contribution in [2.75, 3.05) is 6.61 Å². The van der Waals surface area contributed by atoms with E-state index in [0.717, 1.165) is 38.5 Å². The quantitative estimate of drug-likeness (QED) is 0.0420. The van der Waals surface area contributed by atoms with Crippen molar-refractivity contribution < 1.29 is 15.0 Å². The van der Waals surface area contributed by atoms with E-state index in [1.807, 2.05) is 6.08 Å². The smallest absolute Gasteiger partial charge is 0.220 e. The first-order valence-corrected chi connectivity index (χ1v) is 30.2. The van der Waals surface area contributed by atoms with Gasteiger partial charge in [0, 0.05) is 6.42 Å². The number of carbonyl (C=O) groups is 1. The van der Waals surface area contributed by atoms with Crippen molar-refractivity contribution in [2.45, 2.75) is 347 Å². The molecular weight excluding hydrogens is 807 g/mol. The van der Waals surface area contributed by atoms with Crippen LogP contribution < -0.4 is 5.32 Å². The highest BCUT2D eigenvalue weighted by Gasteiger charge is 2.18. The summed E-state index contributed by atoms with van der Waals surface area (Å²) in [7, 11) is 0. The van der Waals surface area contributed by atoms with Gasteiger partial charge in [-0.25, -0.2) is 0 Å². The van der Waals surface area contributed by atoms with Gasteiger partial charge >= 0.3 is 0 Å². The third-order valence-corrected chi connectivity index (χ3v) is 14.1. The van der Waals surface area contributed by atoms with E-state index in [1.165, 1.54) is 276 Å². The summed E-state index contributed by atoms with van der Waals surface area (Å²) in [5.41, 5.74) is 0. The summed E-state index contributed by atoms with van der Waals surface area (Å²) in [5.74, 6) is -0.0720. The van der Waals surface area contributed by atoms with Crippen LogP contribution >= 0.6 is 0 Å². The van der Waals surface area contributed by atoms with Crippen molar-refractivity contribution in [3.05, 3.63) is 36.5 Å². The van der Waals surface area contributed by atoms with Gasteiger partial charge in [-0.3, -0.25) is 4.79 Å². The summed E-state index contributed by atoms with van der Waals surface area (Å²) in [6.45, 7) is 4.32. The number of aliphatic hydroxyl groups is 2. The fraction of sp³-hybridized carbons (Fsp3) is 0.887. The van der Waals surface area contributed by atoms with E-state index < -0.39 is 12.1 Å². The lowest BCUT2D eigenvalue weighted by molar-refractivity contribution is -0.123. The Labute approximate surface area is 414 Å². The predicted molar refractivity (Wildman–Crippen MR) is 295 cm³/mol. The Hall–Kier alpha value is -1.39. The first-order valence-electron chi connectivity index (χ1n) is 30.2. The molecule has 2 atom stereocenters. The van der Waals surface area contributed by atoms with Gasteiger partial charge in [0.2, 0.25) is 5.91 Å². The lowest BCUT2D eigenvalue weighted by atomic mass is 10.0. The fourth-order valence-electron chi connectivity index (χ4n) is 9.51. The van der Waals surface area contributed by atoms with Crippen LogP contribution in [0.1, 0.15) is 335 Å². The molecule has 0 fully saturated rings. The number of amides is 1. The zero-order chi connectivity index (χ0) is 47.7. The van der Waals surface area contributed by atoms with Gasteiger partial charge < -0.3 is 15.5 Å². The van der Waals surface area contributed by atoms with Gasteiger partial charge in [-0.2, -0.15) is 0 Å². The van der Waals surface area contributed by atoms with Crippen LogP contribution in [0, 0.1) is 0 Å². The Morgan fingerprint density at radius 1 is 0.348 bits per heavy atom. The van der Waals surface area contributed by atoms with Crippen LogP contribution in [-0.2, 0) is 4.79 Å². The minimum atomic E-state index is -0.868. The minimum Gasteiger partial charge on any atom is -0.394 e. The second-order valence-corrected chi connectivity index (χ2v) is 20.8. The Bertz CT molecular complexity index is 1010. The highest BCUT2D eigenvalue weighted by atomic mass is 16.3. The molecule has 0 radical (unpaired) electrons. The Morgan fingerprint density at radius 3 is 0.879 bits per heavy atom. The number of rotatable bonds is 56. The average molecular weight is 927 g/mol. The second-order valence-electron chi connectivity index (χ2n) is 20.8. The van der Waals surface area contributed by atoms with Crippen molar-refractivity contribution in [1.29, 1.82) is 0 Å². The lowest BCUT2D eigenvalue weighted by Gasteiger charge is -2.19. The van der Waals surface area contributed by atoms with Crippen molar-refractivity contribution in [3.63, 3.8) is 0 Å². The molecule has 0 saturated carbocycles. The third kappa shape index (κ3) is 53.6. The van der Waals surface area contributed by atoms with Gasteiger partial charge in [0.05, 0.1) is 18.8 Å². The minimum absolute atomic E-state index is 0.0720. The van der Waals surface area contributed by atoms with E-state index >= 15 is 0 Å². The maximum absolute atomic E-state index is 12.5. The molecule has 0 saturated heterocycles. The van der Waals surface area contributed by atoms with E-state index in [9.17, 15) is 15.0 Å². The number of hydrogen-bond acceptors (Lipinski definition) is 3. The van der Waals surface area contributed by atoms with Crippen LogP contribution in [0.3, 0.4) is 0 Å². The van der Waals surface area contributed by atoms with Crippen LogP contribution in [0.2, 0.25) is 0 Å². The maximum atomic E-state index is 12.5. The van der Waals surface area contributed by atoms with E-state index in [4.69, 9.17) is 0 Å². The molecule has 1 amide bonds. The molecule has 4 nitrogen and oxygen atoms in total. The summed E-state index contributed by atoms with van der Waals surface area (Å²) < 4.78 is 0. The molecule has 0 spiro atoms. The van der Waals surface area contributed by atoms with Crippen LogP contribution in [0.15, 0.2) is 36.5 Å². The van der Waals surface area contributed by atoms with Crippen molar-refractivity contribution in [1.82, 2.24) is 5.32 Å². The summed E-state index contributed by atoms with van der Waals surface area (Å²) in [6, 6.07) is -0.644. The van der Waals surface area contributed by atoms with Gasteiger partial charge in [0.1, 0.15) is 0 Å². The molecule has 0 aromatic carbocycles. The summed E-state index contributed by atoms with van der Waals surface area (Å²) in [5, 5.41) is 23.1. The van der Waals surface area contributed by atoms with E-state index in [-0.39, 0.29) is 12.5 Å². The average Bonchev–Trinajstić information content (AvgIpc) is 3.32. The molecule has 2 unspecified atom stereocenters. The zero-order valence-corrected chi connectivity index (χ0v) is 45.0. The van der Waals surface area contributed by atoms with Gasteiger partial charge in [0.25, 0.3) is 0 Å². The number of unbranched alkanes of at least 4 members (excludes halogenated alkanes) is 45. The number of carbonyl (C=O) groups excluding carboxylic acids is 1. The molecule has 0 aliphatic carbocycles. The molecule has 0 bridgehead atoms. The Kier molecular flexibility index (Phi) is 56.7. The SMILES string of the molecule is CCCCCCCCC/C=C/CC/C=C/CC/C=C/C(O)C(CO)NC(=O)CCCCCCCCCCCCCCCCCCCCCCCCCCCCCCCCCCCCCCC. The van der Waals surface area contributed by atoms with Crippen LogP contribution in [0.5, 0.6) is 0 Å². The first-order chi connectivity index (χ1) is 32.7. The molecule has 3 N–H and O–H groups in total. The Morgan fingerprint density at radius 2 is 0.591 bits per heavy atom. The molecule has 0 aliphatic heterocycles. The van der Waals surface area contributed by atoms with Crippen molar-refractivity contribution in [2.24, 2.45) is 0 Å². The maximum Gasteiger partial charge on any atom is 0.220 e. The van der Waals surface area contributed by atoms with Crippen LogP contribution in [0.25, 0.3) is 0 Å². The van der Waals surface area contributed by atoms with Gasteiger partial charge in [-0.15, -0.1) is 0 Å². The highest BCUT2D eigenvalue weighted by molar-refractivity contribution is 5.76. The molecule has 0 heterocycles. The monoisotopic (exact) mass is 926 g/mol. The van der Waals surface area contributed by atoms with Crippen molar-refractivity contribution in [3.8, 4) is 0 Å². The normalized spacial score (nSPS) is 13.0. The predicted octanol–water partition coefficient (Wildman–Crippen LogP) is 20.0. The number of nitrogens with one attached hydrogen (secondary N) is 1. The van der Waals surface area contributed by atoms with Crippen molar-refractivity contribution >= 4 is 5.91 Å². The summed E-state index contributed by atoms with van der Waals surface area (Å²) in [6.07, 6.45) is 79.2. The molecule has 66 heavy (non-hydrogen) atoms. The molecule has 390 valence electrons. The zero-order valence-electron chi connectivity index (χ0n) is 45.0. The standard InChI is InChI=1S/C62H119NO3/c1-3-5-7-9-11-13-15-17-19-21-22-23-24-25-26-27-28-29-30-31-32-33-34-35-36-37-38-39-40-42-44-46-48-50-52-54-56-58-62(66)63-60(59-64)61(65)57-55-53-51-49-47-45-43-41-20-18-16-14-12-10-8-6-4-2/h20,41,47,49,55,57,60-61,64-65H,3-19,21-40,42-46,48,50-54,56,58-59H2,1-2H3,(H,63,66)/b41-20+,49-47+,57-55+. The summed E-state index contributed by atoms with van der Waals surface area (Å²) in [4.78, 5) is 12.5. The van der Waals surface area contributed by atoms with Crippen LogP contribution in [0.4, 0.5) is 0 Å². The molecular formula is C62H119NO3. The third-order valence-electron chi connectivity index (χ3n) is 14.1. The first kappa shape index (κ1) is 64.6. The molecule has 4 heteroatoms. The van der Waals surface area contributed by atoms with Gasteiger partial charge in [0.15, 0.2) is 0 Å². The van der Waals surface area contributed by atoms with Gasteiger partial charge in [-0.1, -0.05) is 320 Å². The van der Waals surface area contributed by atoms with Crippen LogP contribution in [-0.4, -0.2) is 34.9 Å². The van der Waals surface area contributed by atoms with E-state index in [2.05, 4.69) is 43.5 Å². The number of hydrogen-bond donors (Lipinski definition) is 3. The highest BCUT2D eigenvalue weighted by Crippen LogP contribution is 2.18. The Balaban J connectivity index is 3.41. The topological polar surface area (TPSA) is 69.6 Å². The van der Waals surface area contributed by atoms with Gasteiger partial charge in [-0.05, 0) is 44.9 Å². The number of allylic oxidation sites excluding steroid dienone is 5. The fourth-order valence-corrected chi connectivity index (χ4v) is 9.51. The molecule has 0 aromatic rings. The molecule has 0 aromatic heterocycles. The summed E-state index contributed by atoms with van der Waals surface area (Å²) >= 11 is 0. The molecule has 0 rings (SSSR count). The number of aliphatic hydroxyl groups excluding tert-OH is 2. The molecule has 0 aliphatic rings.